The number of ketones is 2. The average Bonchev–Trinajstić information content (AvgIpc) is 3.43. The lowest BCUT2D eigenvalue weighted by Gasteiger charge is -2.30. The van der Waals surface area contributed by atoms with Gasteiger partial charge in [0.15, 0.2) is 23.3 Å². The number of nitrogens with zero attached hydrogens (tertiary/aromatic N) is 3. The molecule has 0 aliphatic carbocycles. The molecule has 5 atom stereocenters. The number of aromatic nitrogens is 2. The molecule has 3 aromatic rings. The maximum atomic E-state index is 15.8. The molecule has 2 aromatic carbocycles. The van der Waals surface area contributed by atoms with Crippen LogP contribution in [0, 0.1) is 10.1 Å². The maximum absolute atomic E-state index is 15.8. The van der Waals surface area contributed by atoms with Gasteiger partial charge in [-0.25, -0.2) is 4.39 Å². The van der Waals surface area contributed by atoms with Gasteiger partial charge in [-0.05, 0) is 4.92 Å². The van der Waals surface area contributed by atoms with Crippen molar-refractivity contribution >= 4 is 17.5 Å². The monoisotopic (exact) mass is 455 g/mol. The largest absolute Gasteiger partial charge is 0.436 e. The lowest BCUT2D eigenvalue weighted by molar-refractivity contribution is -0.398. The maximum Gasteiger partial charge on any atom is 0.436 e. The van der Waals surface area contributed by atoms with Crippen LogP contribution in [0.15, 0.2) is 73.1 Å². The molecule has 4 rings (SSSR count). The Morgan fingerprint density at radius 1 is 1.12 bits per heavy atom. The van der Waals surface area contributed by atoms with Gasteiger partial charge >= 0.3 is 5.95 Å². The standard InChI is InChI=1S/C22H18FN3O7/c23-17-20(25-12-11-24-21(25)26(31)32)33-19(16(28)15(27)13-7-3-1-4-8-13)22(17,30)18(29)14-9-5-2-6-10-14/h1-12,16-17,19-20,28,30H/t16?,17-,19-,20-,22-/m1/s1. The number of hydrogen-bond acceptors (Lipinski definition) is 8. The van der Waals surface area contributed by atoms with Crippen molar-refractivity contribution in [3.8, 4) is 0 Å². The number of rotatable bonds is 7. The van der Waals surface area contributed by atoms with Gasteiger partial charge < -0.3 is 25.1 Å². The van der Waals surface area contributed by atoms with Crippen molar-refractivity contribution in [3.63, 3.8) is 0 Å². The predicted molar refractivity (Wildman–Crippen MR) is 110 cm³/mol. The van der Waals surface area contributed by atoms with E-state index in [2.05, 4.69) is 4.98 Å². The third-order valence-electron chi connectivity index (χ3n) is 5.49. The zero-order valence-electron chi connectivity index (χ0n) is 16.9. The fourth-order valence-corrected chi connectivity index (χ4v) is 3.85. The number of halogens is 1. The Kier molecular flexibility index (Phi) is 5.85. The van der Waals surface area contributed by atoms with E-state index in [-0.39, 0.29) is 11.1 Å². The van der Waals surface area contributed by atoms with E-state index in [1.807, 2.05) is 0 Å². The highest BCUT2D eigenvalue weighted by Crippen LogP contribution is 2.44. The van der Waals surface area contributed by atoms with Crippen LogP contribution in [0.4, 0.5) is 10.3 Å². The van der Waals surface area contributed by atoms with Crippen LogP contribution in [-0.4, -0.2) is 60.2 Å². The second-order valence-corrected chi connectivity index (χ2v) is 7.44. The fraction of sp³-hybridized carbons (Fsp3) is 0.227. The lowest BCUT2D eigenvalue weighted by Crippen LogP contribution is -2.58. The molecule has 1 fully saturated rings. The number of hydrogen-bond donors (Lipinski definition) is 2. The van der Waals surface area contributed by atoms with Crippen LogP contribution in [0.1, 0.15) is 26.9 Å². The van der Waals surface area contributed by atoms with Gasteiger partial charge in [0.2, 0.25) is 6.23 Å². The van der Waals surface area contributed by atoms with Crippen molar-refractivity contribution in [2.24, 2.45) is 0 Å². The molecule has 1 unspecified atom stereocenters. The molecule has 1 aliphatic rings. The highest BCUT2D eigenvalue weighted by Gasteiger charge is 2.66. The summed E-state index contributed by atoms with van der Waals surface area (Å²) in [5.41, 5.74) is -3.10. The normalized spacial score (nSPS) is 25.5. The van der Waals surface area contributed by atoms with Crippen molar-refractivity contribution < 1.29 is 33.9 Å². The topological polar surface area (TPSA) is 145 Å². The summed E-state index contributed by atoms with van der Waals surface area (Å²) in [7, 11) is 0. The third kappa shape index (κ3) is 3.71. The molecule has 2 N–H and O–H groups in total. The number of benzene rings is 2. The Bertz CT molecular complexity index is 1190. The Morgan fingerprint density at radius 3 is 2.27 bits per heavy atom. The predicted octanol–water partition coefficient (Wildman–Crippen LogP) is 1.88. The van der Waals surface area contributed by atoms with Gasteiger partial charge in [-0.1, -0.05) is 65.6 Å². The van der Waals surface area contributed by atoms with E-state index < -0.39 is 52.6 Å². The number of aliphatic hydroxyl groups is 2. The first-order chi connectivity index (χ1) is 15.8. The molecular weight excluding hydrogens is 437 g/mol. The van der Waals surface area contributed by atoms with Crippen LogP contribution in [0.5, 0.6) is 0 Å². The van der Waals surface area contributed by atoms with Crippen LogP contribution in [0.2, 0.25) is 0 Å². The number of nitro groups is 1. The molecule has 33 heavy (non-hydrogen) atoms. The van der Waals surface area contributed by atoms with E-state index in [1.165, 1.54) is 48.5 Å². The zero-order valence-corrected chi connectivity index (χ0v) is 16.9. The molecular formula is C22H18FN3O7. The van der Waals surface area contributed by atoms with Gasteiger partial charge in [-0.15, -0.1) is 0 Å². The summed E-state index contributed by atoms with van der Waals surface area (Å²) in [6.45, 7) is 0. The summed E-state index contributed by atoms with van der Waals surface area (Å²) in [4.78, 5) is 40.0. The Hall–Kier alpha value is -3.80. The molecule has 1 aliphatic heterocycles. The number of aliphatic hydroxyl groups excluding tert-OH is 1. The van der Waals surface area contributed by atoms with Crippen LogP contribution in [0.3, 0.4) is 0 Å². The smallest absolute Gasteiger partial charge is 0.390 e. The molecule has 0 saturated carbocycles. The van der Waals surface area contributed by atoms with Crippen molar-refractivity contribution in [1.29, 1.82) is 0 Å². The molecule has 0 bridgehead atoms. The van der Waals surface area contributed by atoms with Crippen LogP contribution in [-0.2, 0) is 4.74 Å². The molecule has 1 saturated heterocycles. The van der Waals surface area contributed by atoms with E-state index in [1.54, 1.807) is 12.1 Å². The Balaban J connectivity index is 1.79. The minimum atomic E-state index is -3.03. The number of ether oxygens (including phenoxy) is 1. The molecule has 0 spiro atoms. The summed E-state index contributed by atoms with van der Waals surface area (Å²) < 4.78 is 21.9. The van der Waals surface area contributed by atoms with Gasteiger partial charge in [-0.3, -0.25) is 9.59 Å². The molecule has 170 valence electrons. The summed E-state index contributed by atoms with van der Waals surface area (Å²) in [6, 6.07) is 14.7. The number of imidazole rings is 1. The quantitative estimate of drug-likeness (QED) is 0.312. The van der Waals surface area contributed by atoms with E-state index >= 15 is 4.39 Å². The SMILES string of the molecule is O=C(c1ccccc1)C(O)[C@H]1O[C@@H](n2ccnc2[N+](=O)[O-])[C@@H](F)[C@@]1(O)C(=O)c1ccccc1. The molecule has 10 nitrogen and oxygen atoms in total. The van der Waals surface area contributed by atoms with E-state index in [4.69, 9.17) is 4.74 Å². The number of carbonyl (C=O) groups excluding carboxylic acids is 2. The van der Waals surface area contributed by atoms with Crippen molar-refractivity contribution in [2.75, 3.05) is 0 Å². The minimum Gasteiger partial charge on any atom is -0.390 e. The first-order valence-electron chi connectivity index (χ1n) is 9.83. The van der Waals surface area contributed by atoms with Crippen LogP contribution >= 0.6 is 0 Å². The van der Waals surface area contributed by atoms with Gasteiger partial charge in [0, 0.05) is 11.1 Å². The first kappa shape index (κ1) is 22.4. The fourth-order valence-electron chi connectivity index (χ4n) is 3.85. The molecule has 0 amide bonds. The van der Waals surface area contributed by atoms with E-state index in [0.29, 0.717) is 4.57 Å². The highest BCUT2D eigenvalue weighted by molar-refractivity contribution is 6.05. The molecule has 1 aromatic heterocycles. The summed E-state index contributed by atoms with van der Waals surface area (Å²) in [5, 5.41) is 33.4. The Morgan fingerprint density at radius 2 is 1.70 bits per heavy atom. The van der Waals surface area contributed by atoms with E-state index in [9.17, 15) is 29.9 Å². The van der Waals surface area contributed by atoms with E-state index in [0.717, 1.165) is 12.4 Å². The third-order valence-corrected chi connectivity index (χ3v) is 5.49. The Labute approximate surface area is 186 Å². The van der Waals surface area contributed by atoms with Crippen molar-refractivity contribution in [1.82, 2.24) is 9.55 Å². The molecule has 11 heteroatoms. The second kappa shape index (κ2) is 8.62. The van der Waals surface area contributed by atoms with Crippen LogP contribution in [0.25, 0.3) is 0 Å². The van der Waals surface area contributed by atoms with Gasteiger partial charge in [0.25, 0.3) is 0 Å². The zero-order chi connectivity index (χ0) is 23.8. The van der Waals surface area contributed by atoms with Gasteiger partial charge in [0.1, 0.15) is 24.6 Å². The van der Waals surface area contributed by atoms with Crippen molar-refractivity contribution in [2.45, 2.75) is 30.2 Å². The number of alkyl halides is 1. The number of Topliss-reactive ketones (excluding diaryl/α,β-unsaturated/α-hetero) is 2. The summed E-state index contributed by atoms with van der Waals surface area (Å²) >= 11 is 0. The lowest BCUT2D eigenvalue weighted by atomic mass is 9.81. The number of carbonyl (C=O) groups is 2. The second-order valence-electron chi connectivity index (χ2n) is 7.44. The van der Waals surface area contributed by atoms with Gasteiger partial charge in [-0.2, -0.15) is 4.57 Å². The van der Waals surface area contributed by atoms with Crippen LogP contribution < -0.4 is 0 Å². The molecule has 2 heterocycles. The highest BCUT2D eigenvalue weighted by atomic mass is 19.1. The average molecular weight is 455 g/mol. The summed E-state index contributed by atoms with van der Waals surface area (Å²) in [5.74, 6) is -2.87. The summed E-state index contributed by atoms with van der Waals surface area (Å²) in [6.07, 6.45) is -6.66. The molecule has 0 radical (unpaired) electrons. The minimum absolute atomic E-state index is 0.0376. The van der Waals surface area contributed by atoms with Crippen molar-refractivity contribution in [3.05, 3.63) is 94.3 Å². The van der Waals surface area contributed by atoms with Gasteiger partial charge in [0.05, 0.1) is 0 Å². The first-order valence-corrected chi connectivity index (χ1v) is 9.83.